The summed E-state index contributed by atoms with van der Waals surface area (Å²) in [7, 11) is 0. The lowest BCUT2D eigenvalue weighted by molar-refractivity contribution is -0.137. The zero-order valence-corrected chi connectivity index (χ0v) is 14.1. The van der Waals surface area contributed by atoms with E-state index in [2.05, 4.69) is 4.98 Å². The standard InChI is InChI=1S/C18H13ClF3N3O/c19-14-7-12-9-24-6-5-15(12)16(8-14)25(17(23)26)10-11-1-3-13(4-2-11)18(20,21)22/h1-9H,10H2,(H2,23,26). The number of fused-ring (bicyclic) bond motifs is 1. The second-order valence-electron chi connectivity index (χ2n) is 5.64. The first-order valence-electron chi connectivity index (χ1n) is 7.52. The van der Waals surface area contributed by atoms with Crippen molar-refractivity contribution in [3.8, 4) is 0 Å². The Labute approximate surface area is 152 Å². The first-order valence-corrected chi connectivity index (χ1v) is 7.90. The SMILES string of the molecule is NC(=O)N(Cc1ccc(C(F)(F)F)cc1)c1cc(Cl)cc2cnccc12. The van der Waals surface area contributed by atoms with E-state index >= 15 is 0 Å². The number of hydrogen-bond acceptors (Lipinski definition) is 2. The number of halogens is 4. The van der Waals surface area contributed by atoms with Crippen molar-refractivity contribution < 1.29 is 18.0 Å². The third-order valence-electron chi connectivity index (χ3n) is 3.87. The molecule has 2 aromatic carbocycles. The molecule has 0 saturated carbocycles. The highest BCUT2D eigenvalue weighted by Crippen LogP contribution is 2.32. The van der Waals surface area contributed by atoms with Crippen molar-refractivity contribution in [1.82, 2.24) is 4.98 Å². The number of primary amides is 1. The third kappa shape index (κ3) is 3.72. The molecule has 1 heterocycles. The third-order valence-corrected chi connectivity index (χ3v) is 4.09. The number of hydrogen-bond donors (Lipinski definition) is 1. The maximum Gasteiger partial charge on any atom is 0.416 e. The highest BCUT2D eigenvalue weighted by Gasteiger charge is 2.30. The van der Waals surface area contributed by atoms with Crippen molar-refractivity contribution in [3.05, 3.63) is 71.0 Å². The first-order chi connectivity index (χ1) is 12.3. The van der Waals surface area contributed by atoms with Gasteiger partial charge in [0.25, 0.3) is 0 Å². The number of nitrogens with zero attached hydrogens (tertiary/aromatic N) is 2. The molecule has 0 aliphatic carbocycles. The van der Waals surface area contributed by atoms with E-state index in [9.17, 15) is 18.0 Å². The average molecular weight is 380 g/mol. The Morgan fingerprint density at radius 1 is 1.15 bits per heavy atom. The van der Waals surface area contributed by atoms with E-state index in [1.165, 1.54) is 17.0 Å². The molecule has 0 fully saturated rings. The van der Waals surface area contributed by atoms with Gasteiger partial charge in [0, 0.05) is 28.2 Å². The van der Waals surface area contributed by atoms with Crippen LogP contribution in [0, 0.1) is 0 Å². The lowest BCUT2D eigenvalue weighted by Gasteiger charge is -2.23. The van der Waals surface area contributed by atoms with Gasteiger partial charge in [-0.15, -0.1) is 0 Å². The normalized spacial score (nSPS) is 11.5. The molecular weight excluding hydrogens is 367 g/mol. The predicted molar refractivity (Wildman–Crippen MR) is 94.0 cm³/mol. The van der Waals surface area contributed by atoms with Crippen LogP contribution in [0.2, 0.25) is 5.02 Å². The molecule has 134 valence electrons. The number of carbonyl (C=O) groups excluding carboxylic acids is 1. The van der Waals surface area contributed by atoms with Crippen LogP contribution in [-0.4, -0.2) is 11.0 Å². The number of anilines is 1. The van der Waals surface area contributed by atoms with Crippen LogP contribution >= 0.6 is 11.6 Å². The molecule has 2 N–H and O–H groups in total. The molecule has 0 saturated heterocycles. The molecule has 0 atom stereocenters. The smallest absolute Gasteiger partial charge is 0.351 e. The van der Waals surface area contributed by atoms with Crippen molar-refractivity contribution in [2.24, 2.45) is 5.73 Å². The first kappa shape index (κ1) is 18.0. The monoisotopic (exact) mass is 379 g/mol. The Morgan fingerprint density at radius 2 is 1.85 bits per heavy atom. The largest absolute Gasteiger partial charge is 0.416 e. The van der Waals surface area contributed by atoms with Crippen LogP contribution in [0.25, 0.3) is 10.8 Å². The summed E-state index contributed by atoms with van der Waals surface area (Å²) in [5, 5.41) is 1.81. The highest BCUT2D eigenvalue weighted by atomic mass is 35.5. The van der Waals surface area contributed by atoms with Crippen LogP contribution in [0.3, 0.4) is 0 Å². The van der Waals surface area contributed by atoms with Crippen LogP contribution < -0.4 is 10.6 Å². The number of pyridine rings is 1. The fourth-order valence-electron chi connectivity index (χ4n) is 2.64. The second-order valence-corrected chi connectivity index (χ2v) is 6.08. The second kappa shape index (κ2) is 6.84. The van der Waals surface area contributed by atoms with Gasteiger partial charge >= 0.3 is 12.2 Å². The molecule has 2 amide bonds. The molecule has 1 aromatic heterocycles. The molecule has 0 unspecified atom stereocenters. The van der Waals surface area contributed by atoms with Crippen LogP contribution in [0.15, 0.2) is 54.9 Å². The molecule has 0 bridgehead atoms. The van der Waals surface area contributed by atoms with Gasteiger partial charge in [-0.2, -0.15) is 13.2 Å². The molecule has 0 aliphatic rings. The zero-order chi connectivity index (χ0) is 18.9. The van der Waals surface area contributed by atoms with Gasteiger partial charge < -0.3 is 5.73 Å². The highest BCUT2D eigenvalue weighted by molar-refractivity contribution is 6.32. The summed E-state index contributed by atoms with van der Waals surface area (Å²) in [6.45, 7) is 0.00519. The molecular formula is C18H13ClF3N3O. The van der Waals surface area contributed by atoms with Crippen molar-refractivity contribution >= 4 is 34.1 Å². The summed E-state index contributed by atoms with van der Waals surface area (Å²) in [6, 6.07) is 8.81. The van der Waals surface area contributed by atoms with Crippen LogP contribution in [0.5, 0.6) is 0 Å². The number of amides is 2. The average Bonchev–Trinajstić information content (AvgIpc) is 2.58. The van der Waals surface area contributed by atoms with Gasteiger partial charge in [-0.25, -0.2) is 4.79 Å². The van der Waals surface area contributed by atoms with E-state index in [0.29, 0.717) is 27.0 Å². The van der Waals surface area contributed by atoms with E-state index in [0.717, 1.165) is 12.1 Å². The Balaban J connectivity index is 2.00. The summed E-state index contributed by atoms with van der Waals surface area (Å²) in [5.74, 6) is 0. The van der Waals surface area contributed by atoms with Gasteiger partial charge in [-0.3, -0.25) is 9.88 Å². The molecule has 4 nitrogen and oxygen atoms in total. The number of alkyl halides is 3. The number of aromatic nitrogens is 1. The van der Waals surface area contributed by atoms with Gasteiger partial charge in [0.05, 0.1) is 17.8 Å². The zero-order valence-electron chi connectivity index (χ0n) is 13.3. The maximum absolute atomic E-state index is 12.7. The Hall–Kier alpha value is -2.80. The quantitative estimate of drug-likeness (QED) is 0.696. The molecule has 26 heavy (non-hydrogen) atoms. The minimum atomic E-state index is -4.42. The van der Waals surface area contributed by atoms with E-state index in [4.69, 9.17) is 17.3 Å². The molecule has 3 rings (SSSR count). The Morgan fingerprint density at radius 3 is 2.46 bits per heavy atom. The molecule has 8 heteroatoms. The molecule has 0 spiro atoms. The van der Waals surface area contributed by atoms with E-state index < -0.39 is 17.8 Å². The lowest BCUT2D eigenvalue weighted by Crippen LogP contribution is -2.35. The summed E-state index contributed by atoms with van der Waals surface area (Å²) in [5.41, 5.74) is 5.71. The summed E-state index contributed by atoms with van der Waals surface area (Å²) in [6.07, 6.45) is -1.25. The van der Waals surface area contributed by atoms with E-state index in [-0.39, 0.29) is 6.54 Å². The van der Waals surface area contributed by atoms with Gasteiger partial charge in [-0.1, -0.05) is 23.7 Å². The van der Waals surface area contributed by atoms with Crippen molar-refractivity contribution in [1.29, 1.82) is 0 Å². The van der Waals surface area contributed by atoms with Crippen LogP contribution in [0.4, 0.5) is 23.7 Å². The van der Waals surface area contributed by atoms with Gasteiger partial charge in [0.1, 0.15) is 0 Å². The van der Waals surface area contributed by atoms with E-state index in [1.807, 2.05) is 0 Å². The summed E-state index contributed by atoms with van der Waals surface area (Å²) >= 11 is 6.11. The predicted octanol–water partition coefficient (Wildman–Crippen LogP) is 4.99. The van der Waals surface area contributed by atoms with E-state index in [1.54, 1.807) is 30.6 Å². The Bertz CT molecular complexity index is 958. The van der Waals surface area contributed by atoms with Gasteiger partial charge in [0.2, 0.25) is 0 Å². The van der Waals surface area contributed by atoms with Gasteiger partial charge in [0.15, 0.2) is 0 Å². The minimum Gasteiger partial charge on any atom is -0.351 e. The maximum atomic E-state index is 12.7. The lowest BCUT2D eigenvalue weighted by atomic mass is 10.1. The minimum absolute atomic E-state index is 0.00519. The fraction of sp³-hybridized carbons (Fsp3) is 0.111. The van der Waals surface area contributed by atoms with Crippen molar-refractivity contribution in [2.75, 3.05) is 4.90 Å². The molecule has 3 aromatic rings. The van der Waals surface area contributed by atoms with Crippen molar-refractivity contribution in [2.45, 2.75) is 12.7 Å². The number of nitrogens with two attached hydrogens (primary N) is 1. The van der Waals surface area contributed by atoms with Crippen LogP contribution in [-0.2, 0) is 12.7 Å². The Kier molecular flexibility index (Phi) is 4.73. The fourth-order valence-corrected chi connectivity index (χ4v) is 2.86. The summed E-state index contributed by atoms with van der Waals surface area (Å²) < 4.78 is 38.1. The molecule has 0 radical (unpaired) electrons. The number of urea groups is 1. The topological polar surface area (TPSA) is 59.2 Å². The van der Waals surface area contributed by atoms with Crippen LogP contribution in [0.1, 0.15) is 11.1 Å². The summed E-state index contributed by atoms with van der Waals surface area (Å²) in [4.78, 5) is 17.3. The van der Waals surface area contributed by atoms with Gasteiger partial charge in [-0.05, 0) is 35.9 Å². The molecule has 0 aliphatic heterocycles. The van der Waals surface area contributed by atoms with Crippen molar-refractivity contribution in [3.63, 3.8) is 0 Å². The number of carbonyl (C=O) groups is 1. The number of rotatable bonds is 3. The number of benzene rings is 2.